The molecule has 0 aliphatic rings. The Hall–Kier alpha value is -3.33. The maximum absolute atomic E-state index is 12.5. The summed E-state index contributed by atoms with van der Waals surface area (Å²) >= 11 is 0. The van der Waals surface area contributed by atoms with Gasteiger partial charge in [0, 0.05) is 28.9 Å². The number of hydrogen-bond donors (Lipinski definition) is 1. The SMILES string of the molecule is CCOC(=O)CC(c1ccccc1)c1c(Cc2ccccc2)[nH]c2ccccc12. The van der Waals surface area contributed by atoms with Crippen LogP contribution >= 0.6 is 0 Å². The Labute approximate surface area is 171 Å². The smallest absolute Gasteiger partial charge is 0.306 e. The number of H-pyrrole nitrogens is 1. The molecule has 3 aromatic carbocycles. The lowest BCUT2D eigenvalue weighted by Crippen LogP contribution is -2.13. The number of carbonyl (C=O) groups excluding carboxylic acids is 1. The van der Waals surface area contributed by atoms with E-state index in [4.69, 9.17) is 4.74 Å². The van der Waals surface area contributed by atoms with E-state index >= 15 is 0 Å². The number of aromatic nitrogens is 1. The number of aromatic amines is 1. The third-order valence-corrected chi connectivity index (χ3v) is 5.28. The van der Waals surface area contributed by atoms with Crippen LogP contribution in [0.4, 0.5) is 0 Å². The predicted molar refractivity (Wildman–Crippen MR) is 117 cm³/mol. The van der Waals surface area contributed by atoms with Crippen LogP contribution in [0.25, 0.3) is 10.9 Å². The predicted octanol–water partition coefficient (Wildman–Crippen LogP) is 5.84. The highest BCUT2D eigenvalue weighted by atomic mass is 16.5. The molecule has 0 amide bonds. The van der Waals surface area contributed by atoms with Gasteiger partial charge in [-0.15, -0.1) is 0 Å². The number of carbonyl (C=O) groups is 1. The first-order valence-corrected chi connectivity index (χ1v) is 10.1. The first kappa shape index (κ1) is 19.0. The van der Waals surface area contributed by atoms with Crippen molar-refractivity contribution < 1.29 is 9.53 Å². The van der Waals surface area contributed by atoms with Crippen molar-refractivity contribution in [1.82, 2.24) is 4.98 Å². The van der Waals surface area contributed by atoms with Crippen LogP contribution in [0, 0.1) is 0 Å². The van der Waals surface area contributed by atoms with E-state index in [1.807, 2.05) is 37.3 Å². The van der Waals surface area contributed by atoms with Gasteiger partial charge in [0.05, 0.1) is 13.0 Å². The van der Waals surface area contributed by atoms with Crippen molar-refractivity contribution in [2.24, 2.45) is 0 Å². The molecule has 4 rings (SSSR count). The molecule has 4 aromatic rings. The van der Waals surface area contributed by atoms with E-state index in [0.29, 0.717) is 13.0 Å². The summed E-state index contributed by atoms with van der Waals surface area (Å²) in [5.74, 6) is -0.234. The minimum Gasteiger partial charge on any atom is -0.466 e. The fraction of sp³-hybridized carbons (Fsp3) is 0.192. The van der Waals surface area contributed by atoms with Crippen LogP contribution in [-0.2, 0) is 16.0 Å². The molecule has 146 valence electrons. The highest BCUT2D eigenvalue weighted by Crippen LogP contribution is 2.37. The van der Waals surface area contributed by atoms with Crippen LogP contribution in [-0.4, -0.2) is 17.6 Å². The van der Waals surface area contributed by atoms with Crippen molar-refractivity contribution in [3.05, 3.63) is 107 Å². The molecular formula is C26H25NO2. The lowest BCUT2D eigenvalue weighted by atomic mass is 9.85. The summed E-state index contributed by atoms with van der Waals surface area (Å²) < 4.78 is 5.31. The molecule has 0 bridgehead atoms. The third-order valence-electron chi connectivity index (χ3n) is 5.28. The monoisotopic (exact) mass is 383 g/mol. The third kappa shape index (κ3) is 4.24. The number of nitrogens with one attached hydrogen (secondary N) is 1. The number of benzene rings is 3. The van der Waals surface area contributed by atoms with Gasteiger partial charge >= 0.3 is 5.97 Å². The Morgan fingerprint density at radius 1 is 0.897 bits per heavy atom. The second-order valence-electron chi connectivity index (χ2n) is 7.20. The second-order valence-corrected chi connectivity index (χ2v) is 7.20. The van der Waals surface area contributed by atoms with Gasteiger partial charge in [-0.05, 0) is 29.7 Å². The van der Waals surface area contributed by atoms with E-state index in [9.17, 15) is 4.79 Å². The summed E-state index contributed by atoms with van der Waals surface area (Å²) in [7, 11) is 0. The molecule has 0 aliphatic heterocycles. The average molecular weight is 383 g/mol. The van der Waals surface area contributed by atoms with Crippen molar-refractivity contribution in [3.63, 3.8) is 0 Å². The fourth-order valence-electron chi connectivity index (χ4n) is 4.02. The lowest BCUT2D eigenvalue weighted by Gasteiger charge is -2.19. The summed E-state index contributed by atoms with van der Waals surface area (Å²) in [6.07, 6.45) is 1.11. The van der Waals surface area contributed by atoms with Gasteiger partial charge in [-0.3, -0.25) is 4.79 Å². The molecular weight excluding hydrogens is 358 g/mol. The molecule has 3 heteroatoms. The van der Waals surface area contributed by atoms with Crippen LogP contribution in [0.2, 0.25) is 0 Å². The summed E-state index contributed by atoms with van der Waals surface area (Å²) in [6.45, 7) is 2.24. The fourth-order valence-corrected chi connectivity index (χ4v) is 4.02. The summed E-state index contributed by atoms with van der Waals surface area (Å²) in [5.41, 5.74) is 5.79. The van der Waals surface area contributed by atoms with E-state index in [1.54, 1.807) is 0 Å². The number of rotatable bonds is 7. The zero-order chi connectivity index (χ0) is 20.1. The molecule has 1 heterocycles. The first-order chi connectivity index (χ1) is 14.3. The zero-order valence-corrected chi connectivity index (χ0v) is 16.6. The van der Waals surface area contributed by atoms with E-state index < -0.39 is 0 Å². The number of esters is 1. The van der Waals surface area contributed by atoms with Crippen LogP contribution < -0.4 is 0 Å². The Kier molecular flexibility index (Phi) is 5.76. The van der Waals surface area contributed by atoms with E-state index in [2.05, 4.69) is 59.6 Å². The Morgan fingerprint density at radius 3 is 2.28 bits per heavy atom. The molecule has 0 radical (unpaired) electrons. The number of para-hydroxylation sites is 1. The highest BCUT2D eigenvalue weighted by molar-refractivity contribution is 5.87. The topological polar surface area (TPSA) is 42.1 Å². The standard InChI is InChI=1S/C26H25NO2/c1-2-29-25(28)18-22(20-13-7-4-8-14-20)26-21-15-9-10-16-23(21)27-24(26)17-19-11-5-3-6-12-19/h3-16,22,27H,2,17-18H2,1H3. The molecule has 3 nitrogen and oxygen atoms in total. The van der Waals surface area contributed by atoms with Gasteiger partial charge in [0.1, 0.15) is 0 Å². The minimum absolute atomic E-state index is 0.0647. The van der Waals surface area contributed by atoms with Crippen LogP contribution in [0.15, 0.2) is 84.9 Å². The van der Waals surface area contributed by atoms with Crippen molar-refractivity contribution in [1.29, 1.82) is 0 Å². The second kappa shape index (κ2) is 8.78. The summed E-state index contributed by atoms with van der Waals surface area (Å²) in [5, 5.41) is 1.16. The molecule has 1 aromatic heterocycles. The maximum atomic E-state index is 12.5. The van der Waals surface area contributed by atoms with Gasteiger partial charge in [-0.25, -0.2) is 0 Å². The van der Waals surface area contributed by atoms with Crippen LogP contribution in [0.5, 0.6) is 0 Å². The molecule has 0 saturated carbocycles. The van der Waals surface area contributed by atoms with Gasteiger partial charge in [0.25, 0.3) is 0 Å². The van der Waals surface area contributed by atoms with Crippen molar-refractivity contribution in [3.8, 4) is 0 Å². The van der Waals surface area contributed by atoms with E-state index in [1.165, 1.54) is 11.1 Å². The summed E-state index contributed by atoms with van der Waals surface area (Å²) in [4.78, 5) is 16.1. The molecule has 1 unspecified atom stereocenters. The molecule has 29 heavy (non-hydrogen) atoms. The van der Waals surface area contributed by atoms with Crippen LogP contribution in [0.3, 0.4) is 0 Å². The number of hydrogen-bond acceptors (Lipinski definition) is 2. The molecule has 0 saturated heterocycles. The number of ether oxygens (including phenoxy) is 1. The lowest BCUT2D eigenvalue weighted by molar-refractivity contribution is -0.143. The molecule has 0 fully saturated rings. The average Bonchev–Trinajstić information content (AvgIpc) is 3.11. The molecule has 1 N–H and O–H groups in total. The molecule has 1 atom stereocenters. The molecule has 0 spiro atoms. The normalized spacial score (nSPS) is 12.0. The van der Waals surface area contributed by atoms with E-state index in [-0.39, 0.29) is 11.9 Å². The maximum Gasteiger partial charge on any atom is 0.306 e. The van der Waals surface area contributed by atoms with Gasteiger partial charge in [-0.2, -0.15) is 0 Å². The summed E-state index contributed by atoms with van der Waals surface area (Å²) in [6, 6.07) is 29.0. The Balaban J connectivity index is 1.85. The minimum atomic E-state index is -0.169. The van der Waals surface area contributed by atoms with Crippen molar-refractivity contribution >= 4 is 16.9 Å². The Bertz CT molecular complexity index is 1080. The first-order valence-electron chi connectivity index (χ1n) is 10.1. The van der Waals surface area contributed by atoms with Crippen molar-refractivity contribution in [2.75, 3.05) is 6.61 Å². The van der Waals surface area contributed by atoms with Crippen LogP contribution in [0.1, 0.15) is 41.6 Å². The number of fused-ring (bicyclic) bond motifs is 1. The Morgan fingerprint density at radius 2 is 1.55 bits per heavy atom. The zero-order valence-electron chi connectivity index (χ0n) is 16.6. The largest absolute Gasteiger partial charge is 0.466 e. The van der Waals surface area contributed by atoms with Gasteiger partial charge < -0.3 is 9.72 Å². The van der Waals surface area contributed by atoms with Gasteiger partial charge in [-0.1, -0.05) is 78.9 Å². The van der Waals surface area contributed by atoms with Gasteiger partial charge in [0.2, 0.25) is 0 Å². The quantitative estimate of drug-likeness (QED) is 0.407. The van der Waals surface area contributed by atoms with E-state index in [0.717, 1.165) is 28.6 Å². The molecule has 0 aliphatic carbocycles. The van der Waals surface area contributed by atoms with Crippen molar-refractivity contribution in [2.45, 2.75) is 25.7 Å². The van der Waals surface area contributed by atoms with Gasteiger partial charge in [0.15, 0.2) is 0 Å². The highest BCUT2D eigenvalue weighted by Gasteiger charge is 2.25.